The molecule has 5 nitrogen and oxygen atoms in total. The summed E-state index contributed by atoms with van der Waals surface area (Å²) >= 11 is 0. The lowest BCUT2D eigenvalue weighted by Crippen LogP contribution is -2.04. The minimum absolute atomic E-state index is 0.415. The maximum absolute atomic E-state index is 5.39. The lowest BCUT2D eigenvalue weighted by molar-refractivity contribution is 0.417. The second-order valence-electron chi connectivity index (χ2n) is 5.89. The molecule has 1 aromatic heterocycles. The molecule has 4 rings (SSSR count). The van der Waals surface area contributed by atoms with E-state index in [0.29, 0.717) is 5.95 Å². The van der Waals surface area contributed by atoms with Crippen molar-refractivity contribution in [1.29, 1.82) is 0 Å². The number of ether oxygens (including phenoxy) is 1. The maximum atomic E-state index is 5.39. The number of anilines is 2. The molecule has 0 bridgehead atoms. The average molecular weight is 354 g/mol. The van der Waals surface area contributed by atoms with Crippen molar-refractivity contribution in [3.8, 4) is 28.3 Å². The third-order valence-electron chi connectivity index (χ3n) is 4.13. The van der Waals surface area contributed by atoms with E-state index in [2.05, 4.69) is 15.5 Å². The number of rotatable bonds is 5. The van der Waals surface area contributed by atoms with E-state index in [1.807, 2.05) is 84.9 Å². The number of hydrogen-bond acceptors (Lipinski definition) is 5. The van der Waals surface area contributed by atoms with Crippen LogP contribution in [0.3, 0.4) is 0 Å². The number of aromatic nitrogens is 3. The highest BCUT2D eigenvalue weighted by Gasteiger charge is 2.14. The number of para-hydroxylation sites is 2. The first kappa shape index (κ1) is 16.7. The Balaban J connectivity index is 1.80. The van der Waals surface area contributed by atoms with Crippen LogP contribution in [0.2, 0.25) is 0 Å². The van der Waals surface area contributed by atoms with Gasteiger partial charge in [0.15, 0.2) is 0 Å². The molecule has 5 heteroatoms. The zero-order valence-electron chi connectivity index (χ0n) is 14.8. The third-order valence-corrected chi connectivity index (χ3v) is 4.13. The number of hydrogen-bond donors (Lipinski definition) is 1. The quantitative estimate of drug-likeness (QED) is 0.549. The molecule has 0 atom stereocenters. The van der Waals surface area contributed by atoms with Crippen molar-refractivity contribution >= 4 is 11.6 Å². The summed E-state index contributed by atoms with van der Waals surface area (Å²) in [5.41, 5.74) is 4.25. The van der Waals surface area contributed by atoms with Gasteiger partial charge in [-0.3, -0.25) is 0 Å². The summed E-state index contributed by atoms with van der Waals surface area (Å²) < 4.78 is 5.39. The molecule has 0 aliphatic heterocycles. The highest BCUT2D eigenvalue weighted by Crippen LogP contribution is 2.30. The van der Waals surface area contributed by atoms with Crippen LogP contribution >= 0.6 is 0 Å². The minimum atomic E-state index is 0.415. The molecule has 0 aliphatic carbocycles. The minimum Gasteiger partial charge on any atom is -0.495 e. The normalized spacial score (nSPS) is 10.4. The van der Waals surface area contributed by atoms with Crippen molar-refractivity contribution in [1.82, 2.24) is 15.2 Å². The van der Waals surface area contributed by atoms with Gasteiger partial charge in [-0.2, -0.15) is 0 Å². The summed E-state index contributed by atoms with van der Waals surface area (Å²) in [5.74, 6) is 1.13. The number of nitrogens with zero attached hydrogens (tertiary/aromatic N) is 3. The van der Waals surface area contributed by atoms with Crippen molar-refractivity contribution in [2.24, 2.45) is 0 Å². The van der Waals surface area contributed by atoms with E-state index >= 15 is 0 Å². The lowest BCUT2D eigenvalue weighted by atomic mass is 10.0. The van der Waals surface area contributed by atoms with Crippen LogP contribution in [-0.2, 0) is 0 Å². The SMILES string of the molecule is COc1ccccc1Nc1nnc(-c2ccccc2)c(-c2ccccc2)n1. The van der Waals surface area contributed by atoms with E-state index in [0.717, 1.165) is 34.0 Å². The van der Waals surface area contributed by atoms with E-state index in [1.54, 1.807) is 7.11 Å². The van der Waals surface area contributed by atoms with E-state index in [4.69, 9.17) is 9.72 Å². The van der Waals surface area contributed by atoms with Gasteiger partial charge in [0.05, 0.1) is 12.8 Å². The van der Waals surface area contributed by atoms with Crippen LogP contribution in [-0.4, -0.2) is 22.3 Å². The Hall–Kier alpha value is -3.73. The van der Waals surface area contributed by atoms with Crippen LogP contribution in [0.15, 0.2) is 84.9 Å². The fourth-order valence-corrected chi connectivity index (χ4v) is 2.84. The molecular formula is C22H18N4O. The van der Waals surface area contributed by atoms with Gasteiger partial charge < -0.3 is 10.1 Å². The summed E-state index contributed by atoms with van der Waals surface area (Å²) in [6.45, 7) is 0. The molecule has 0 saturated carbocycles. The molecule has 0 saturated heterocycles. The van der Waals surface area contributed by atoms with Crippen molar-refractivity contribution in [2.75, 3.05) is 12.4 Å². The molecule has 1 N–H and O–H groups in total. The predicted molar refractivity (Wildman–Crippen MR) is 107 cm³/mol. The first-order chi connectivity index (χ1) is 13.3. The van der Waals surface area contributed by atoms with Gasteiger partial charge in [-0.15, -0.1) is 10.2 Å². The Bertz CT molecular complexity index is 1040. The third kappa shape index (κ3) is 3.62. The Morgan fingerprint density at radius 2 is 1.26 bits per heavy atom. The molecule has 0 fully saturated rings. The molecule has 0 aliphatic rings. The predicted octanol–water partition coefficient (Wildman–Crippen LogP) is 4.96. The standard InChI is InChI=1S/C22H18N4O/c1-27-19-15-9-8-14-18(19)23-22-24-20(16-10-4-2-5-11-16)21(25-26-22)17-12-6-3-7-13-17/h2-15H,1H3,(H,23,24,26). The number of methoxy groups -OCH3 is 1. The summed E-state index contributed by atoms with van der Waals surface area (Å²) in [7, 11) is 1.63. The largest absolute Gasteiger partial charge is 0.495 e. The highest BCUT2D eigenvalue weighted by atomic mass is 16.5. The molecular weight excluding hydrogens is 336 g/mol. The lowest BCUT2D eigenvalue weighted by Gasteiger charge is -2.12. The number of nitrogens with one attached hydrogen (secondary N) is 1. The van der Waals surface area contributed by atoms with Gasteiger partial charge in [-0.25, -0.2) is 4.98 Å². The average Bonchev–Trinajstić information content (AvgIpc) is 2.75. The topological polar surface area (TPSA) is 59.9 Å². The molecule has 0 amide bonds. The molecule has 1 heterocycles. The summed E-state index contributed by atoms with van der Waals surface area (Å²) in [4.78, 5) is 4.75. The van der Waals surface area contributed by atoms with Crippen molar-refractivity contribution < 1.29 is 4.74 Å². The van der Waals surface area contributed by atoms with Crippen LogP contribution in [0.5, 0.6) is 5.75 Å². The zero-order chi connectivity index (χ0) is 18.5. The van der Waals surface area contributed by atoms with E-state index in [-0.39, 0.29) is 0 Å². The van der Waals surface area contributed by atoms with Crippen molar-refractivity contribution in [2.45, 2.75) is 0 Å². The van der Waals surface area contributed by atoms with Crippen LogP contribution in [0.4, 0.5) is 11.6 Å². The van der Waals surface area contributed by atoms with Gasteiger partial charge >= 0.3 is 0 Å². The Morgan fingerprint density at radius 3 is 1.93 bits per heavy atom. The summed E-state index contributed by atoms with van der Waals surface area (Å²) in [6.07, 6.45) is 0. The van der Waals surface area contributed by atoms with Crippen LogP contribution < -0.4 is 10.1 Å². The summed E-state index contributed by atoms with van der Waals surface area (Å²) in [5, 5.41) is 11.9. The Kier molecular flexibility index (Phi) is 4.74. The number of benzene rings is 3. The first-order valence-electron chi connectivity index (χ1n) is 8.61. The highest BCUT2D eigenvalue weighted by molar-refractivity contribution is 5.78. The monoisotopic (exact) mass is 354 g/mol. The molecule has 132 valence electrons. The maximum Gasteiger partial charge on any atom is 0.247 e. The second kappa shape index (κ2) is 7.66. The molecule has 0 spiro atoms. The Labute approximate surface area is 157 Å². The van der Waals surface area contributed by atoms with Crippen LogP contribution in [0.1, 0.15) is 0 Å². The molecule has 4 aromatic rings. The van der Waals surface area contributed by atoms with Crippen molar-refractivity contribution in [3.63, 3.8) is 0 Å². The van der Waals surface area contributed by atoms with Gasteiger partial charge in [0.1, 0.15) is 17.1 Å². The van der Waals surface area contributed by atoms with E-state index in [1.165, 1.54) is 0 Å². The fraction of sp³-hybridized carbons (Fsp3) is 0.0455. The van der Waals surface area contributed by atoms with Gasteiger partial charge in [0.25, 0.3) is 0 Å². The van der Waals surface area contributed by atoms with Crippen LogP contribution in [0, 0.1) is 0 Å². The summed E-state index contributed by atoms with van der Waals surface area (Å²) in [6, 6.07) is 27.6. The molecule has 0 radical (unpaired) electrons. The molecule has 27 heavy (non-hydrogen) atoms. The molecule has 0 unspecified atom stereocenters. The van der Waals surface area contributed by atoms with E-state index in [9.17, 15) is 0 Å². The van der Waals surface area contributed by atoms with Gasteiger partial charge in [-0.1, -0.05) is 72.8 Å². The molecule has 3 aromatic carbocycles. The Morgan fingerprint density at radius 1 is 0.667 bits per heavy atom. The zero-order valence-corrected chi connectivity index (χ0v) is 14.8. The van der Waals surface area contributed by atoms with Gasteiger partial charge in [0, 0.05) is 11.1 Å². The van der Waals surface area contributed by atoms with Gasteiger partial charge in [0.2, 0.25) is 5.95 Å². The van der Waals surface area contributed by atoms with Crippen molar-refractivity contribution in [3.05, 3.63) is 84.9 Å². The van der Waals surface area contributed by atoms with Gasteiger partial charge in [-0.05, 0) is 12.1 Å². The van der Waals surface area contributed by atoms with Crippen LogP contribution in [0.25, 0.3) is 22.5 Å². The smallest absolute Gasteiger partial charge is 0.247 e. The fourth-order valence-electron chi connectivity index (χ4n) is 2.84. The first-order valence-corrected chi connectivity index (χ1v) is 8.61. The second-order valence-corrected chi connectivity index (χ2v) is 5.89. The van der Waals surface area contributed by atoms with E-state index < -0.39 is 0 Å².